The van der Waals surface area contributed by atoms with Gasteiger partial charge < -0.3 is 20.1 Å². The van der Waals surface area contributed by atoms with Crippen molar-refractivity contribution in [2.24, 2.45) is 5.92 Å². The summed E-state index contributed by atoms with van der Waals surface area (Å²) in [5.41, 5.74) is 1.92. The van der Waals surface area contributed by atoms with Crippen molar-refractivity contribution in [2.75, 3.05) is 30.4 Å². The number of anilines is 2. The zero-order chi connectivity index (χ0) is 21.1. The number of nitrogens with one attached hydrogen (secondary N) is 2. The first-order valence-electron chi connectivity index (χ1n) is 10.0. The lowest BCUT2D eigenvalue weighted by Gasteiger charge is -2.11. The van der Waals surface area contributed by atoms with Gasteiger partial charge >= 0.3 is 5.97 Å². The van der Waals surface area contributed by atoms with Gasteiger partial charge in [0.15, 0.2) is 0 Å². The maximum Gasteiger partial charge on any atom is 0.338 e. The van der Waals surface area contributed by atoms with Crippen LogP contribution >= 0.6 is 0 Å². The summed E-state index contributed by atoms with van der Waals surface area (Å²) >= 11 is 0. The summed E-state index contributed by atoms with van der Waals surface area (Å²) in [6.45, 7) is 7.42. The molecule has 0 heterocycles. The van der Waals surface area contributed by atoms with Crippen LogP contribution in [-0.2, 0) is 9.53 Å². The fraction of sp³-hybridized carbons (Fsp3) is 0.391. The van der Waals surface area contributed by atoms with Crippen molar-refractivity contribution in [1.82, 2.24) is 0 Å². The largest absolute Gasteiger partial charge is 0.494 e. The van der Waals surface area contributed by atoms with Gasteiger partial charge in [0.1, 0.15) is 5.75 Å². The molecule has 2 aromatic carbocycles. The predicted molar refractivity (Wildman–Crippen MR) is 116 cm³/mol. The lowest BCUT2D eigenvalue weighted by Crippen LogP contribution is -2.21. The Hall–Kier alpha value is -3.02. The Morgan fingerprint density at radius 2 is 1.76 bits per heavy atom. The molecular formula is C23H30N2O4. The first-order chi connectivity index (χ1) is 14.0. The monoisotopic (exact) mass is 398 g/mol. The highest BCUT2D eigenvalue weighted by atomic mass is 16.5. The number of rotatable bonds is 11. The minimum absolute atomic E-state index is 0.109. The second-order valence-electron chi connectivity index (χ2n) is 7.17. The van der Waals surface area contributed by atoms with Crippen LogP contribution in [0.5, 0.6) is 5.75 Å². The molecule has 0 radical (unpaired) electrons. The molecule has 2 rings (SSSR count). The number of carbonyl (C=O) groups is 2. The Morgan fingerprint density at radius 3 is 2.45 bits per heavy atom. The highest BCUT2D eigenvalue weighted by Gasteiger charge is 2.07. The Bertz CT molecular complexity index is 788. The van der Waals surface area contributed by atoms with E-state index in [4.69, 9.17) is 9.47 Å². The van der Waals surface area contributed by atoms with E-state index in [9.17, 15) is 9.59 Å². The van der Waals surface area contributed by atoms with Crippen molar-refractivity contribution in [3.63, 3.8) is 0 Å². The standard InChI is InChI=1S/C23H30N2O4/c1-4-13-29-23(27)18-8-10-19(11-9-18)24-16-22(26)25-20-6-5-7-21(15-20)28-14-12-17(2)3/h5-11,15,17,24H,4,12-14,16H2,1-3H3,(H,25,26). The maximum absolute atomic E-state index is 12.2. The van der Waals surface area contributed by atoms with E-state index in [2.05, 4.69) is 24.5 Å². The molecule has 6 heteroatoms. The third kappa shape index (κ3) is 8.25. The number of ether oxygens (including phenoxy) is 2. The van der Waals surface area contributed by atoms with Crippen LogP contribution in [0.15, 0.2) is 48.5 Å². The topological polar surface area (TPSA) is 76.7 Å². The molecule has 2 aromatic rings. The van der Waals surface area contributed by atoms with Gasteiger partial charge in [0.2, 0.25) is 5.91 Å². The number of esters is 1. The first-order valence-corrected chi connectivity index (χ1v) is 10.0. The number of hydrogen-bond acceptors (Lipinski definition) is 5. The summed E-state index contributed by atoms with van der Waals surface area (Å²) in [5.74, 6) is 0.810. The van der Waals surface area contributed by atoms with E-state index in [1.165, 1.54) is 0 Å². The third-order valence-corrected chi connectivity index (χ3v) is 4.09. The normalized spacial score (nSPS) is 10.5. The summed E-state index contributed by atoms with van der Waals surface area (Å²) in [7, 11) is 0. The lowest BCUT2D eigenvalue weighted by atomic mass is 10.1. The number of benzene rings is 2. The summed E-state index contributed by atoms with van der Waals surface area (Å²) in [6, 6.07) is 14.2. The molecule has 0 aliphatic heterocycles. The van der Waals surface area contributed by atoms with E-state index in [-0.39, 0.29) is 18.4 Å². The summed E-state index contributed by atoms with van der Waals surface area (Å²) < 4.78 is 10.8. The Morgan fingerprint density at radius 1 is 1.00 bits per heavy atom. The van der Waals surface area contributed by atoms with E-state index < -0.39 is 0 Å². The molecule has 0 unspecified atom stereocenters. The van der Waals surface area contributed by atoms with Gasteiger partial charge in [-0.3, -0.25) is 4.79 Å². The van der Waals surface area contributed by atoms with Gasteiger partial charge in [0.05, 0.1) is 25.3 Å². The van der Waals surface area contributed by atoms with Crippen LogP contribution in [0.1, 0.15) is 44.0 Å². The third-order valence-electron chi connectivity index (χ3n) is 4.09. The van der Waals surface area contributed by atoms with Crippen molar-refractivity contribution in [1.29, 1.82) is 0 Å². The molecule has 0 saturated heterocycles. The van der Waals surface area contributed by atoms with Crippen LogP contribution in [-0.4, -0.2) is 31.6 Å². The van der Waals surface area contributed by atoms with Gasteiger partial charge in [-0.25, -0.2) is 4.79 Å². The number of hydrogen-bond donors (Lipinski definition) is 2. The number of amides is 1. The molecule has 156 valence electrons. The highest BCUT2D eigenvalue weighted by molar-refractivity contribution is 5.94. The van der Waals surface area contributed by atoms with Gasteiger partial charge in [-0.15, -0.1) is 0 Å². The highest BCUT2D eigenvalue weighted by Crippen LogP contribution is 2.18. The quantitative estimate of drug-likeness (QED) is 0.535. The molecule has 0 fully saturated rings. The molecule has 0 atom stereocenters. The van der Waals surface area contributed by atoms with Gasteiger partial charge in [-0.1, -0.05) is 26.8 Å². The minimum Gasteiger partial charge on any atom is -0.494 e. The SMILES string of the molecule is CCCOC(=O)c1ccc(NCC(=O)Nc2cccc(OCCC(C)C)c2)cc1. The Balaban J connectivity index is 1.80. The molecule has 0 spiro atoms. The van der Waals surface area contributed by atoms with Crippen molar-refractivity contribution >= 4 is 23.3 Å². The zero-order valence-corrected chi connectivity index (χ0v) is 17.4. The Kier molecular flexibility index (Phi) is 9.02. The zero-order valence-electron chi connectivity index (χ0n) is 17.4. The lowest BCUT2D eigenvalue weighted by molar-refractivity contribution is -0.114. The van der Waals surface area contributed by atoms with Crippen LogP contribution in [0.2, 0.25) is 0 Å². The first kappa shape index (κ1) is 22.3. The molecular weight excluding hydrogens is 368 g/mol. The maximum atomic E-state index is 12.2. The molecule has 2 N–H and O–H groups in total. The van der Waals surface area contributed by atoms with E-state index >= 15 is 0 Å². The average Bonchev–Trinajstić information content (AvgIpc) is 2.71. The van der Waals surface area contributed by atoms with Crippen molar-refractivity contribution in [2.45, 2.75) is 33.6 Å². The molecule has 0 aliphatic rings. The van der Waals surface area contributed by atoms with Crippen molar-refractivity contribution < 1.29 is 19.1 Å². The van der Waals surface area contributed by atoms with Crippen molar-refractivity contribution in [3.05, 3.63) is 54.1 Å². The second-order valence-corrected chi connectivity index (χ2v) is 7.17. The van der Waals surface area contributed by atoms with Crippen LogP contribution < -0.4 is 15.4 Å². The molecule has 6 nitrogen and oxygen atoms in total. The van der Waals surface area contributed by atoms with Gasteiger partial charge in [0, 0.05) is 17.4 Å². The van der Waals surface area contributed by atoms with Crippen LogP contribution in [0, 0.1) is 5.92 Å². The molecule has 1 amide bonds. The fourth-order valence-corrected chi connectivity index (χ4v) is 2.47. The van der Waals surface area contributed by atoms with E-state index in [0.717, 1.165) is 24.3 Å². The van der Waals surface area contributed by atoms with Crippen LogP contribution in [0.3, 0.4) is 0 Å². The van der Waals surface area contributed by atoms with Crippen LogP contribution in [0.4, 0.5) is 11.4 Å². The molecule has 0 saturated carbocycles. The summed E-state index contributed by atoms with van der Waals surface area (Å²) in [5, 5.41) is 5.89. The van der Waals surface area contributed by atoms with E-state index in [1.807, 2.05) is 31.2 Å². The molecule has 0 aliphatic carbocycles. The Labute approximate surface area is 172 Å². The van der Waals surface area contributed by atoms with Crippen molar-refractivity contribution in [3.8, 4) is 5.75 Å². The van der Waals surface area contributed by atoms with Gasteiger partial charge in [-0.05, 0) is 55.2 Å². The van der Waals surface area contributed by atoms with Crippen LogP contribution in [0.25, 0.3) is 0 Å². The second kappa shape index (κ2) is 11.7. The predicted octanol–water partition coefficient (Wildman–Crippen LogP) is 4.73. The molecule has 29 heavy (non-hydrogen) atoms. The molecule has 0 aromatic heterocycles. The molecule has 0 bridgehead atoms. The fourth-order valence-electron chi connectivity index (χ4n) is 2.47. The summed E-state index contributed by atoms with van der Waals surface area (Å²) in [4.78, 5) is 24.0. The smallest absolute Gasteiger partial charge is 0.338 e. The van der Waals surface area contributed by atoms with E-state index in [1.54, 1.807) is 24.3 Å². The van der Waals surface area contributed by atoms with Gasteiger partial charge in [-0.2, -0.15) is 0 Å². The minimum atomic E-state index is -0.341. The van der Waals surface area contributed by atoms with Gasteiger partial charge in [0.25, 0.3) is 0 Å². The number of carbonyl (C=O) groups excluding carboxylic acids is 2. The summed E-state index contributed by atoms with van der Waals surface area (Å²) in [6.07, 6.45) is 1.77. The average molecular weight is 399 g/mol. The van der Waals surface area contributed by atoms with E-state index in [0.29, 0.717) is 30.4 Å².